The summed E-state index contributed by atoms with van der Waals surface area (Å²) in [6, 6.07) is 10.8. The summed E-state index contributed by atoms with van der Waals surface area (Å²) in [4.78, 5) is 11.9. The molecular formula is C20H26O2S. The molecule has 2 saturated carbocycles. The van der Waals surface area contributed by atoms with Crippen LogP contribution in [0.4, 0.5) is 0 Å². The minimum Gasteiger partial charge on any atom is -0.481 e. The first-order valence-corrected chi connectivity index (χ1v) is 9.70. The summed E-state index contributed by atoms with van der Waals surface area (Å²) in [5.41, 5.74) is 0. The van der Waals surface area contributed by atoms with E-state index in [9.17, 15) is 4.79 Å². The number of fused-ring (bicyclic) bond motifs is 2. The van der Waals surface area contributed by atoms with Crippen LogP contribution in [0, 0.1) is 17.8 Å². The number of hydrogen-bond donors (Lipinski definition) is 1. The van der Waals surface area contributed by atoms with Gasteiger partial charge in [0.1, 0.15) is 0 Å². The number of hydrogen-bond acceptors (Lipinski definition) is 2. The van der Waals surface area contributed by atoms with Gasteiger partial charge in [0.05, 0.1) is 0 Å². The molecule has 2 nitrogen and oxygen atoms in total. The van der Waals surface area contributed by atoms with E-state index >= 15 is 0 Å². The van der Waals surface area contributed by atoms with Crippen molar-refractivity contribution in [2.75, 3.05) is 0 Å². The van der Waals surface area contributed by atoms with Gasteiger partial charge in [0.25, 0.3) is 0 Å². The Bertz CT molecular complexity index is 540. The zero-order valence-electron chi connectivity index (χ0n) is 13.6. The van der Waals surface area contributed by atoms with Gasteiger partial charge in [-0.15, -0.1) is 11.8 Å². The minimum atomic E-state index is -0.689. The average Bonchev–Trinajstić information content (AvgIpc) is 3.14. The van der Waals surface area contributed by atoms with Crippen LogP contribution >= 0.6 is 11.8 Å². The Kier molecular flexibility index (Phi) is 5.82. The van der Waals surface area contributed by atoms with Gasteiger partial charge in [0, 0.05) is 16.6 Å². The highest BCUT2D eigenvalue weighted by Crippen LogP contribution is 2.55. The summed E-state index contributed by atoms with van der Waals surface area (Å²) in [6.45, 7) is 0. The number of rotatable bonds is 8. The van der Waals surface area contributed by atoms with Gasteiger partial charge in [-0.3, -0.25) is 4.79 Å². The third kappa shape index (κ3) is 4.41. The number of aliphatic carboxylic acids is 1. The van der Waals surface area contributed by atoms with E-state index in [2.05, 4.69) is 54.2 Å². The van der Waals surface area contributed by atoms with Crippen molar-refractivity contribution in [1.82, 2.24) is 0 Å². The number of unbranched alkanes of at least 4 members (excludes halogenated alkanes) is 1. The molecule has 3 rings (SSSR count). The van der Waals surface area contributed by atoms with E-state index in [0.29, 0.717) is 0 Å². The van der Waals surface area contributed by atoms with E-state index in [1.165, 1.54) is 30.6 Å². The lowest BCUT2D eigenvalue weighted by Gasteiger charge is -2.30. The van der Waals surface area contributed by atoms with Gasteiger partial charge in [0.15, 0.2) is 0 Å². The lowest BCUT2D eigenvalue weighted by atomic mass is 9.86. The first kappa shape index (κ1) is 16.6. The molecule has 3 heteroatoms. The molecule has 4 atom stereocenters. The molecule has 0 radical (unpaired) electrons. The van der Waals surface area contributed by atoms with E-state index in [4.69, 9.17) is 5.11 Å². The summed E-state index contributed by atoms with van der Waals surface area (Å²) >= 11 is 2.08. The van der Waals surface area contributed by atoms with Crippen LogP contribution in [0.15, 0.2) is 47.4 Å². The Balaban J connectivity index is 1.52. The number of carbonyl (C=O) groups is 1. The molecule has 0 aromatic heterocycles. The molecule has 0 spiro atoms. The summed E-state index contributed by atoms with van der Waals surface area (Å²) in [7, 11) is 0. The molecule has 0 amide bonds. The second kappa shape index (κ2) is 8.05. The molecule has 2 aliphatic rings. The molecule has 1 aromatic rings. The van der Waals surface area contributed by atoms with Gasteiger partial charge in [-0.2, -0.15) is 0 Å². The average molecular weight is 330 g/mol. The number of thioether (sulfide) groups is 1. The summed E-state index contributed by atoms with van der Waals surface area (Å²) in [5.74, 6) is 1.92. The highest BCUT2D eigenvalue weighted by atomic mass is 32.2. The maximum atomic E-state index is 10.5. The molecule has 0 aliphatic heterocycles. The molecular weight excluding hydrogens is 304 g/mol. The summed E-state index contributed by atoms with van der Waals surface area (Å²) in [6.07, 6.45) is 11.8. The van der Waals surface area contributed by atoms with Gasteiger partial charge >= 0.3 is 5.97 Å². The Morgan fingerprint density at radius 3 is 2.74 bits per heavy atom. The van der Waals surface area contributed by atoms with Crippen LogP contribution in [-0.2, 0) is 4.79 Å². The fraction of sp³-hybridized carbons (Fsp3) is 0.550. The lowest BCUT2D eigenvalue weighted by Crippen LogP contribution is -2.24. The lowest BCUT2D eigenvalue weighted by molar-refractivity contribution is -0.137. The monoisotopic (exact) mass is 330 g/mol. The molecule has 23 heavy (non-hydrogen) atoms. The number of benzene rings is 1. The SMILES string of the molecule is O=C(O)CCCC=CC[C@H]1[C@H]2CC[C@H](C2)[C@H]1Sc1ccccc1. The van der Waals surface area contributed by atoms with Gasteiger partial charge in [-0.25, -0.2) is 0 Å². The van der Waals surface area contributed by atoms with E-state index < -0.39 is 5.97 Å². The first-order chi connectivity index (χ1) is 11.2. The van der Waals surface area contributed by atoms with Crippen molar-refractivity contribution in [2.24, 2.45) is 17.8 Å². The van der Waals surface area contributed by atoms with Crippen LogP contribution in [0.3, 0.4) is 0 Å². The van der Waals surface area contributed by atoms with Crippen molar-refractivity contribution in [3.05, 3.63) is 42.5 Å². The Labute approximate surface area is 143 Å². The Morgan fingerprint density at radius 2 is 1.96 bits per heavy atom. The van der Waals surface area contributed by atoms with Crippen LogP contribution in [0.5, 0.6) is 0 Å². The number of carboxylic acid groups (broad SMARTS) is 1. The smallest absolute Gasteiger partial charge is 0.303 e. The normalized spacial score (nSPS) is 29.4. The zero-order chi connectivity index (χ0) is 16.1. The second-order valence-corrected chi connectivity index (χ2v) is 8.14. The van der Waals surface area contributed by atoms with Crippen molar-refractivity contribution in [2.45, 2.75) is 55.1 Å². The van der Waals surface area contributed by atoms with Gasteiger partial charge in [0.2, 0.25) is 0 Å². The molecule has 2 aliphatic carbocycles. The van der Waals surface area contributed by atoms with Gasteiger partial charge in [-0.1, -0.05) is 30.4 Å². The van der Waals surface area contributed by atoms with Crippen LogP contribution in [0.25, 0.3) is 0 Å². The third-order valence-corrected chi connectivity index (χ3v) is 6.91. The molecule has 124 valence electrons. The zero-order valence-corrected chi connectivity index (χ0v) is 14.4. The van der Waals surface area contributed by atoms with Crippen LogP contribution in [-0.4, -0.2) is 16.3 Å². The van der Waals surface area contributed by atoms with E-state index in [1.807, 2.05) is 0 Å². The highest BCUT2D eigenvalue weighted by molar-refractivity contribution is 8.00. The fourth-order valence-corrected chi connectivity index (χ4v) is 5.84. The maximum absolute atomic E-state index is 10.5. The topological polar surface area (TPSA) is 37.3 Å². The second-order valence-electron chi connectivity index (χ2n) is 6.89. The van der Waals surface area contributed by atoms with E-state index in [0.717, 1.165) is 35.8 Å². The van der Waals surface area contributed by atoms with Crippen LogP contribution in [0.1, 0.15) is 44.9 Å². The quantitative estimate of drug-likeness (QED) is 0.512. The molecule has 2 fully saturated rings. The molecule has 0 heterocycles. The highest BCUT2D eigenvalue weighted by Gasteiger charge is 2.47. The van der Waals surface area contributed by atoms with E-state index in [1.54, 1.807) is 0 Å². The molecule has 0 saturated heterocycles. The minimum absolute atomic E-state index is 0.283. The van der Waals surface area contributed by atoms with Crippen LogP contribution < -0.4 is 0 Å². The Hall–Kier alpha value is -1.22. The van der Waals surface area contributed by atoms with Crippen molar-refractivity contribution < 1.29 is 9.90 Å². The van der Waals surface area contributed by atoms with Gasteiger partial charge in [-0.05, 0) is 68.4 Å². The molecule has 1 aromatic carbocycles. The Morgan fingerprint density at radius 1 is 1.17 bits per heavy atom. The molecule has 1 N–H and O–H groups in total. The van der Waals surface area contributed by atoms with Crippen molar-refractivity contribution in [3.63, 3.8) is 0 Å². The van der Waals surface area contributed by atoms with Gasteiger partial charge < -0.3 is 5.11 Å². The van der Waals surface area contributed by atoms with Crippen molar-refractivity contribution in [1.29, 1.82) is 0 Å². The predicted octanol–water partition coefficient (Wildman–Crippen LogP) is 5.39. The molecule has 0 unspecified atom stereocenters. The number of allylic oxidation sites excluding steroid dienone is 2. The summed E-state index contributed by atoms with van der Waals surface area (Å²) < 4.78 is 0. The maximum Gasteiger partial charge on any atom is 0.303 e. The third-order valence-electron chi connectivity index (χ3n) is 5.36. The predicted molar refractivity (Wildman–Crippen MR) is 95.7 cm³/mol. The fourth-order valence-electron chi connectivity index (χ4n) is 4.27. The number of carboxylic acids is 1. The van der Waals surface area contributed by atoms with Crippen molar-refractivity contribution in [3.8, 4) is 0 Å². The van der Waals surface area contributed by atoms with E-state index in [-0.39, 0.29) is 6.42 Å². The van der Waals surface area contributed by atoms with Crippen LogP contribution in [0.2, 0.25) is 0 Å². The van der Waals surface area contributed by atoms with Crippen molar-refractivity contribution >= 4 is 17.7 Å². The largest absolute Gasteiger partial charge is 0.481 e. The molecule has 2 bridgehead atoms. The standard InChI is InChI=1S/C20H26O2S/c21-19(22)11-7-2-1-6-10-18-15-12-13-16(14-15)20(18)23-17-8-4-3-5-9-17/h1,3-6,8-9,15-16,18,20H,2,7,10-14H2,(H,21,22)/t15-,16+,18-,20+/m0/s1. The summed E-state index contributed by atoms with van der Waals surface area (Å²) in [5, 5.41) is 9.43. The first-order valence-electron chi connectivity index (χ1n) is 8.82.